The second-order valence-electron chi connectivity index (χ2n) is 4.11. The van der Waals surface area contributed by atoms with Crippen LogP contribution in [0.5, 0.6) is 0 Å². The Morgan fingerprint density at radius 2 is 2.05 bits per heavy atom. The molecule has 0 bridgehead atoms. The van der Waals surface area contributed by atoms with E-state index in [1.54, 1.807) is 13.0 Å². The van der Waals surface area contributed by atoms with E-state index in [2.05, 4.69) is 15.3 Å². The molecule has 20 heavy (non-hydrogen) atoms. The van der Waals surface area contributed by atoms with E-state index in [9.17, 15) is 14.4 Å². The number of nitrogens with one attached hydrogen (secondary N) is 2. The number of H-pyrrole nitrogens is 1. The molecule has 1 amide bonds. The fraction of sp³-hybridized carbons (Fsp3) is 0.0769. The van der Waals surface area contributed by atoms with Crippen molar-refractivity contribution in [3.63, 3.8) is 0 Å². The molecule has 2 aromatic heterocycles. The number of carboxylic acids is 1. The zero-order valence-electron chi connectivity index (χ0n) is 10.5. The van der Waals surface area contributed by atoms with Crippen molar-refractivity contribution < 1.29 is 14.7 Å². The number of carbonyl (C=O) groups excluding carboxylic acids is 1. The number of hydrogen-bond acceptors (Lipinski definition) is 4. The lowest BCUT2D eigenvalue weighted by atomic mass is 10.2. The van der Waals surface area contributed by atoms with Gasteiger partial charge in [-0.25, -0.2) is 4.79 Å². The molecule has 0 unspecified atom stereocenters. The summed E-state index contributed by atoms with van der Waals surface area (Å²) in [6.45, 7) is 1.70. The minimum absolute atomic E-state index is 0.0550. The molecule has 0 aliphatic heterocycles. The van der Waals surface area contributed by atoms with Crippen LogP contribution in [0.25, 0.3) is 0 Å². The second kappa shape index (κ2) is 5.35. The van der Waals surface area contributed by atoms with Crippen LogP contribution in [0.3, 0.4) is 0 Å². The van der Waals surface area contributed by atoms with E-state index in [1.165, 1.54) is 18.3 Å². The van der Waals surface area contributed by atoms with Crippen molar-refractivity contribution in [3.05, 3.63) is 57.8 Å². The summed E-state index contributed by atoms with van der Waals surface area (Å²) in [5.41, 5.74) is 0.220. The molecule has 0 saturated heterocycles. The normalized spacial score (nSPS) is 10.1. The van der Waals surface area contributed by atoms with Gasteiger partial charge in [-0.1, -0.05) is 0 Å². The molecule has 0 spiro atoms. The standard InChI is InChI=1S/C13H11N3O4/c1-7-2-3-10(11(17)15-7)12(18)16-9-4-8(13(19)20)5-14-6-9/h2-6H,1H3,(H,15,17)(H,16,18)(H,19,20). The molecule has 0 radical (unpaired) electrons. The Morgan fingerprint density at radius 3 is 2.70 bits per heavy atom. The molecule has 2 heterocycles. The van der Waals surface area contributed by atoms with E-state index in [0.717, 1.165) is 6.20 Å². The number of rotatable bonds is 3. The Balaban J connectivity index is 2.25. The number of aromatic amines is 1. The Labute approximate surface area is 113 Å². The first kappa shape index (κ1) is 13.5. The van der Waals surface area contributed by atoms with E-state index >= 15 is 0 Å². The first-order chi connectivity index (χ1) is 9.47. The molecule has 7 heteroatoms. The number of hydrogen-bond donors (Lipinski definition) is 3. The van der Waals surface area contributed by atoms with Gasteiger partial charge in [0, 0.05) is 11.9 Å². The maximum absolute atomic E-state index is 11.9. The predicted octanol–water partition coefficient (Wildman–Crippen LogP) is 1.03. The number of aryl methyl sites for hydroxylation is 1. The summed E-state index contributed by atoms with van der Waals surface area (Å²) in [6.07, 6.45) is 2.46. The van der Waals surface area contributed by atoms with Gasteiger partial charge < -0.3 is 15.4 Å². The molecular weight excluding hydrogens is 262 g/mol. The molecule has 102 valence electrons. The highest BCUT2D eigenvalue weighted by molar-refractivity contribution is 6.04. The molecule has 0 aromatic carbocycles. The van der Waals surface area contributed by atoms with Gasteiger partial charge in [-0.05, 0) is 25.1 Å². The van der Waals surface area contributed by atoms with Crippen LogP contribution in [0.4, 0.5) is 5.69 Å². The first-order valence-corrected chi connectivity index (χ1v) is 5.67. The molecule has 0 aliphatic rings. The highest BCUT2D eigenvalue weighted by Gasteiger charge is 2.12. The minimum Gasteiger partial charge on any atom is -0.478 e. The van der Waals surface area contributed by atoms with Gasteiger partial charge in [0.2, 0.25) is 0 Å². The Morgan fingerprint density at radius 1 is 1.30 bits per heavy atom. The smallest absolute Gasteiger partial charge is 0.337 e. The van der Waals surface area contributed by atoms with E-state index < -0.39 is 17.4 Å². The van der Waals surface area contributed by atoms with Gasteiger partial charge in [0.05, 0.1) is 17.4 Å². The van der Waals surface area contributed by atoms with E-state index in [0.29, 0.717) is 5.69 Å². The van der Waals surface area contributed by atoms with Crippen molar-refractivity contribution >= 4 is 17.6 Å². The summed E-state index contributed by atoms with van der Waals surface area (Å²) in [5.74, 6) is -1.78. The molecule has 0 aliphatic carbocycles. The van der Waals surface area contributed by atoms with Crippen LogP contribution < -0.4 is 10.9 Å². The van der Waals surface area contributed by atoms with Gasteiger partial charge in [-0.3, -0.25) is 14.6 Å². The SMILES string of the molecule is Cc1ccc(C(=O)Nc2cncc(C(=O)O)c2)c(=O)[nH]1. The summed E-state index contributed by atoms with van der Waals surface area (Å²) in [5, 5.41) is 11.3. The van der Waals surface area contributed by atoms with E-state index in [4.69, 9.17) is 5.11 Å². The fourth-order valence-corrected chi connectivity index (χ4v) is 1.57. The molecule has 7 nitrogen and oxygen atoms in total. The van der Waals surface area contributed by atoms with Crippen molar-refractivity contribution in [1.82, 2.24) is 9.97 Å². The Kier molecular flexibility index (Phi) is 3.60. The number of anilines is 1. The maximum Gasteiger partial charge on any atom is 0.337 e. The topological polar surface area (TPSA) is 112 Å². The zero-order chi connectivity index (χ0) is 14.7. The number of pyridine rings is 2. The fourth-order valence-electron chi connectivity index (χ4n) is 1.57. The zero-order valence-corrected chi connectivity index (χ0v) is 10.5. The van der Waals surface area contributed by atoms with Gasteiger partial charge in [-0.15, -0.1) is 0 Å². The molecule has 0 saturated carbocycles. The lowest BCUT2D eigenvalue weighted by Crippen LogP contribution is -2.23. The highest BCUT2D eigenvalue weighted by atomic mass is 16.4. The third-order valence-corrected chi connectivity index (χ3v) is 2.54. The number of aromatic nitrogens is 2. The number of aromatic carboxylic acids is 1. The van der Waals surface area contributed by atoms with Crippen LogP contribution in [-0.2, 0) is 0 Å². The minimum atomic E-state index is -1.15. The lowest BCUT2D eigenvalue weighted by molar-refractivity contribution is 0.0696. The summed E-state index contributed by atoms with van der Waals surface area (Å²) in [7, 11) is 0. The van der Waals surface area contributed by atoms with Crippen LogP contribution in [0.2, 0.25) is 0 Å². The molecule has 0 fully saturated rings. The monoisotopic (exact) mass is 273 g/mol. The highest BCUT2D eigenvalue weighted by Crippen LogP contribution is 2.09. The predicted molar refractivity (Wildman–Crippen MR) is 70.9 cm³/mol. The third kappa shape index (κ3) is 2.89. The summed E-state index contributed by atoms with van der Waals surface area (Å²) < 4.78 is 0. The number of nitrogens with zero attached hydrogens (tertiary/aromatic N) is 1. The average Bonchev–Trinajstić information content (AvgIpc) is 2.38. The molecule has 2 aromatic rings. The van der Waals surface area contributed by atoms with Gasteiger partial charge in [-0.2, -0.15) is 0 Å². The van der Waals surface area contributed by atoms with Crippen LogP contribution in [0, 0.1) is 6.92 Å². The average molecular weight is 273 g/mol. The third-order valence-electron chi connectivity index (χ3n) is 2.54. The quantitative estimate of drug-likeness (QED) is 0.773. The van der Waals surface area contributed by atoms with E-state index in [-0.39, 0.29) is 16.8 Å². The van der Waals surface area contributed by atoms with Crippen molar-refractivity contribution in [3.8, 4) is 0 Å². The van der Waals surface area contributed by atoms with Crippen molar-refractivity contribution in [2.75, 3.05) is 5.32 Å². The van der Waals surface area contributed by atoms with Gasteiger partial charge in [0.25, 0.3) is 11.5 Å². The number of carboxylic acid groups (broad SMARTS) is 1. The van der Waals surface area contributed by atoms with Crippen LogP contribution in [0.1, 0.15) is 26.4 Å². The summed E-state index contributed by atoms with van der Waals surface area (Å²) in [6, 6.07) is 4.26. The Hall–Kier alpha value is -2.96. The van der Waals surface area contributed by atoms with Gasteiger partial charge in [0.1, 0.15) is 5.56 Å². The van der Waals surface area contributed by atoms with Gasteiger partial charge >= 0.3 is 5.97 Å². The molecular formula is C13H11N3O4. The van der Waals surface area contributed by atoms with Gasteiger partial charge in [0.15, 0.2) is 0 Å². The van der Waals surface area contributed by atoms with Crippen LogP contribution in [0.15, 0.2) is 35.4 Å². The first-order valence-electron chi connectivity index (χ1n) is 5.67. The summed E-state index contributed by atoms with van der Waals surface area (Å²) >= 11 is 0. The number of amides is 1. The molecule has 3 N–H and O–H groups in total. The second-order valence-corrected chi connectivity index (χ2v) is 4.11. The van der Waals surface area contributed by atoms with E-state index in [1.807, 2.05) is 0 Å². The lowest BCUT2D eigenvalue weighted by Gasteiger charge is -2.05. The van der Waals surface area contributed by atoms with Crippen molar-refractivity contribution in [2.24, 2.45) is 0 Å². The van der Waals surface area contributed by atoms with Crippen molar-refractivity contribution in [1.29, 1.82) is 0 Å². The number of carbonyl (C=O) groups is 2. The Bertz CT molecular complexity index is 736. The summed E-state index contributed by atoms with van der Waals surface area (Å²) in [4.78, 5) is 40.6. The van der Waals surface area contributed by atoms with Crippen LogP contribution in [-0.4, -0.2) is 27.0 Å². The molecule has 0 atom stereocenters. The maximum atomic E-state index is 11.9. The molecule has 2 rings (SSSR count). The van der Waals surface area contributed by atoms with Crippen LogP contribution >= 0.6 is 0 Å². The van der Waals surface area contributed by atoms with Crippen molar-refractivity contribution in [2.45, 2.75) is 6.92 Å². The largest absolute Gasteiger partial charge is 0.478 e.